The zero-order valence-electron chi connectivity index (χ0n) is 13.0. The van der Waals surface area contributed by atoms with Gasteiger partial charge in [0.2, 0.25) is 0 Å². The molecule has 0 spiro atoms. The summed E-state index contributed by atoms with van der Waals surface area (Å²) >= 11 is 0. The maximum Gasteiger partial charge on any atom is 0.254 e. The third kappa shape index (κ3) is 2.64. The van der Waals surface area contributed by atoms with Crippen molar-refractivity contribution in [1.29, 1.82) is 0 Å². The molecule has 1 aliphatic heterocycles. The molecule has 1 saturated heterocycles. The van der Waals surface area contributed by atoms with Crippen molar-refractivity contribution >= 4 is 16.8 Å². The van der Waals surface area contributed by atoms with Crippen molar-refractivity contribution in [3.8, 4) is 5.75 Å². The standard InChI is InChI=1S/C17H21N3O2/c1-11-7-15(17(21)20-6-5-12(9-18)10-20)14-4-3-13(22-2)8-16(14)19-11/h3-4,7-8,12H,5-6,9-10,18H2,1-2H3. The second kappa shape index (κ2) is 5.93. The first kappa shape index (κ1) is 14.8. The van der Waals surface area contributed by atoms with Crippen LogP contribution in [0, 0.1) is 12.8 Å². The van der Waals surface area contributed by atoms with Crippen LogP contribution in [0.15, 0.2) is 24.3 Å². The number of rotatable bonds is 3. The smallest absolute Gasteiger partial charge is 0.254 e. The van der Waals surface area contributed by atoms with Gasteiger partial charge in [-0.25, -0.2) is 0 Å². The fourth-order valence-electron chi connectivity index (χ4n) is 3.02. The van der Waals surface area contributed by atoms with E-state index in [-0.39, 0.29) is 5.91 Å². The summed E-state index contributed by atoms with van der Waals surface area (Å²) in [5.74, 6) is 1.23. The van der Waals surface area contributed by atoms with Gasteiger partial charge in [-0.1, -0.05) is 0 Å². The fraction of sp³-hybridized carbons (Fsp3) is 0.412. The zero-order valence-corrected chi connectivity index (χ0v) is 13.0. The number of amides is 1. The Hall–Kier alpha value is -2.14. The SMILES string of the molecule is COc1ccc2c(C(=O)N3CCC(CN)C3)cc(C)nc2c1. The van der Waals surface area contributed by atoms with Gasteiger partial charge in [-0.05, 0) is 44.0 Å². The molecule has 5 heteroatoms. The number of methoxy groups -OCH3 is 1. The summed E-state index contributed by atoms with van der Waals surface area (Å²) in [6.45, 7) is 4.06. The molecular formula is C17H21N3O2. The lowest BCUT2D eigenvalue weighted by molar-refractivity contribution is 0.0789. The van der Waals surface area contributed by atoms with E-state index in [1.807, 2.05) is 36.1 Å². The third-order valence-electron chi connectivity index (χ3n) is 4.28. The normalized spacial score (nSPS) is 18.0. The molecule has 116 valence electrons. The van der Waals surface area contributed by atoms with Crippen LogP contribution in [-0.4, -0.2) is 42.5 Å². The molecule has 1 fully saturated rings. The van der Waals surface area contributed by atoms with Gasteiger partial charge in [0.25, 0.3) is 5.91 Å². The Bertz CT molecular complexity index is 714. The topological polar surface area (TPSA) is 68.5 Å². The Morgan fingerprint density at radius 1 is 1.45 bits per heavy atom. The van der Waals surface area contributed by atoms with Crippen molar-refractivity contribution in [2.75, 3.05) is 26.7 Å². The van der Waals surface area contributed by atoms with Crippen LogP contribution in [0.25, 0.3) is 10.9 Å². The summed E-state index contributed by atoms with van der Waals surface area (Å²) in [4.78, 5) is 19.3. The van der Waals surface area contributed by atoms with Crippen LogP contribution >= 0.6 is 0 Å². The molecule has 0 bridgehead atoms. The van der Waals surface area contributed by atoms with Crippen LogP contribution in [-0.2, 0) is 0 Å². The first-order valence-corrected chi connectivity index (χ1v) is 7.57. The van der Waals surface area contributed by atoms with Crippen molar-refractivity contribution in [1.82, 2.24) is 9.88 Å². The monoisotopic (exact) mass is 299 g/mol. The van der Waals surface area contributed by atoms with Crippen LogP contribution in [0.3, 0.4) is 0 Å². The molecule has 0 aliphatic carbocycles. The number of ether oxygens (including phenoxy) is 1. The van der Waals surface area contributed by atoms with Crippen LogP contribution < -0.4 is 10.5 Å². The molecule has 0 radical (unpaired) electrons. The van der Waals surface area contributed by atoms with Gasteiger partial charge in [0.15, 0.2) is 0 Å². The van der Waals surface area contributed by atoms with E-state index in [0.717, 1.165) is 41.9 Å². The molecule has 1 aromatic heterocycles. The Morgan fingerprint density at radius 2 is 2.27 bits per heavy atom. The maximum absolute atomic E-state index is 12.9. The lowest BCUT2D eigenvalue weighted by atomic mass is 10.1. The van der Waals surface area contributed by atoms with Gasteiger partial charge in [-0.2, -0.15) is 0 Å². The number of carbonyl (C=O) groups is 1. The number of nitrogens with two attached hydrogens (primary N) is 1. The molecule has 2 aromatic rings. The van der Waals surface area contributed by atoms with Crippen LogP contribution in [0.4, 0.5) is 0 Å². The number of hydrogen-bond donors (Lipinski definition) is 1. The van der Waals surface area contributed by atoms with Crippen molar-refractivity contribution < 1.29 is 9.53 Å². The molecule has 1 unspecified atom stereocenters. The molecule has 1 aromatic carbocycles. The minimum absolute atomic E-state index is 0.0663. The van der Waals surface area contributed by atoms with Crippen molar-refractivity contribution in [2.24, 2.45) is 11.7 Å². The van der Waals surface area contributed by atoms with Crippen molar-refractivity contribution in [3.63, 3.8) is 0 Å². The molecule has 1 atom stereocenters. The molecule has 1 amide bonds. The largest absolute Gasteiger partial charge is 0.497 e. The van der Waals surface area contributed by atoms with E-state index < -0.39 is 0 Å². The van der Waals surface area contributed by atoms with E-state index in [4.69, 9.17) is 10.5 Å². The minimum Gasteiger partial charge on any atom is -0.497 e. The van der Waals surface area contributed by atoms with Gasteiger partial charge in [0, 0.05) is 30.2 Å². The van der Waals surface area contributed by atoms with Crippen molar-refractivity contribution in [2.45, 2.75) is 13.3 Å². The Balaban J connectivity index is 2.01. The maximum atomic E-state index is 12.9. The van der Waals surface area contributed by atoms with Gasteiger partial charge in [0.1, 0.15) is 5.75 Å². The quantitative estimate of drug-likeness (QED) is 0.941. The van der Waals surface area contributed by atoms with Gasteiger partial charge < -0.3 is 15.4 Å². The van der Waals surface area contributed by atoms with Gasteiger partial charge >= 0.3 is 0 Å². The van der Waals surface area contributed by atoms with Crippen molar-refractivity contribution in [3.05, 3.63) is 35.5 Å². The number of hydrogen-bond acceptors (Lipinski definition) is 4. The summed E-state index contributed by atoms with van der Waals surface area (Å²) in [5.41, 5.74) is 8.05. The first-order chi connectivity index (χ1) is 10.6. The van der Waals surface area contributed by atoms with E-state index in [1.165, 1.54) is 0 Å². The Morgan fingerprint density at radius 3 is 2.95 bits per heavy atom. The molecule has 3 rings (SSSR count). The van der Waals surface area contributed by atoms with Gasteiger partial charge in [-0.15, -0.1) is 0 Å². The average molecular weight is 299 g/mol. The van der Waals surface area contributed by atoms with E-state index in [2.05, 4.69) is 4.98 Å². The summed E-state index contributed by atoms with van der Waals surface area (Å²) in [6, 6.07) is 7.51. The highest BCUT2D eigenvalue weighted by atomic mass is 16.5. The Labute approximate surface area is 130 Å². The predicted octanol–water partition coefficient (Wildman–Crippen LogP) is 1.97. The van der Waals surface area contributed by atoms with E-state index in [9.17, 15) is 4.79 Å². The van der Waals surface area contributed by atoms with Crippen LogP contribution in [0.5, 0.6) is 5.75 Å². The third-order valence-corrected chi connectivity index (χ3v) is 4.28. The number of aryl methyl sites for hydroxylation is 1. The molecule has 5 nitrogen and oxygen atoms in total. The highest BCUT2D eigenvalue weighted by molar-refractivity contribution is 6.06. The summed E-state index contributed by atoms with van der Waals surface area (Å²) in [6.07, 6.45) is 0.984. The van der Waals surface area contributed by atoms with Crippen LogP contribution in [0.1, 0.15) is 22.5 Å². The molecule has 0 saturated carbocycles. The number of likely N-dealkylation sites (tertiary alicyclic amines) is 1. The van der Waals surface area contributed by atoms with E-state index in [0.29, 0.717) is 18.0 Å². The lowest BCUT2D eigenvalue weighted by Gasteiger charge is -2.18. The molecule has 22 heavy (non-hydrogen) atoms. The average Bonchev–Trinajstić information content (AvgIpc) is 3.01. The lowest BCUT2D eigenvalue weighted by Crippen LogP contribution is -2.30. The minimum atomic E-state index is 0.0663. The van der Waals surface area contributed by atoms with Gasteiger partial charge in [0.05, 0.1) is 18.2 Å². The number of nitrogens with zero attached hydrogens (tertiary/aromatic N) is 2. The number of benzene rings is 1. The summed E-state index contributed by atoms with van der Waals surface area (Å²) in [7, 11) is 1.63. The number of aromatic nitrogens is 1. The summed E-state index contributed by atoms with van der Waals surface area (Å²) in [5, 5.41) is 0.868. The highest BCUT2D eigenvalue weighted by Gasteiger charge is 2.27. The fourth-order valence-corrected chi connectivity index (χ4v) is 3.02. The molecular weight excluding hydrogens is 278 g/mol. The number of pyridine rings is 1. The molecule has 1 aliphatic rings. The van der Waals surface area contributed by atoms with E-state index >= 15 is 0 Å². The van der Waals surface area contributed by atoms with E-state index in [1.54, 1.807) is 7.11 Å². The second-order valence-electron chi connectivity index (χ2n) is 5.84. The molecule has 2 N–H and O–H groups in total. The zero-order chi connectivity index (χ0) is 15.7. The van der Waals surface area contributed by atoms with Crippen LogP contribution in [0.2, 0.25) is 0 Å². The first-order valence-electron chi connectivity index (χ1n) is 7.57. The predicted molar refractivity (Wildman–Crippen MR) is 86.1 cm³/mol. The second-order valence-corrected chi connectivity index (χ2v) is 5.84. The van der Waals surface area contributed by atoms with Gasteiger partial charge in [-0.3, -0.25) is 9.78 Å². The number of fused-ring (bicyclic) bond motifs is 1. The highest BCUT2D eigenvalue weighted by Crippen LogP contribution is 2.26. The number of carbonyl (C=O) groups excluding carboxylic acids is 1. The Kier molecular flexibility index (Phi) is 3.98. The summed E-state index contributed by atoms with van der Waals surface area (Å²) < 4.78 is 5.24. The molecule has 2 heterocycles.